The molecule has 0 aliphatic carbocycles. The van der Waals surface area contributed by atoms with Gasteiger partial charge >= 0.3 is 0 Å². The van der Waals surface area contributed by atoms with Gasteiger partial charge in [0.2, 0.25) is 11.8 Å². The van der Waals surface area contributed by atoms with Crippen molar-refractivity contribution in [3.8, 4) is 17.2 Å². The van der Waals surface area contributed by atoms with Crippen LogP contribution < -0.4 is 25.0 Å². The maximum atomic E-state index is 12.0. The molecule has 0 bridgehead atoms. The summed E-state index contributed by atoms with van der Waals surface area (Å²) in [6.07, 6.45) is 1.52. The Labute approximate surface area is 183 Å². The first-order valence-corrected chi connectivity index (χ1v) is 10.0. The van der Waals surface area contributed by atoms with Crippen molar-refractivity contribution in [3.05, 3.63) is 46.4 Å². The summed E-state index contributed by atoms with van der Waals surface area (Å²) >= 11 is 3.41. The molecule has 0 aliphatic rings. The number of hydrazone groups is 1. The summed E-state index contributed by atoms with van der Waals surface area (Å²) in [4.78, 5) is 23.9. The molecule has 0 heterocycles. The molecule has 160 valence electrons. The number of nitrogens with zero attached hydrogens (tertiary/aromatic N) is 1. The number of carbonyl (C=O) groups is 2. The van der Waals surface area contributed by atoms with Crippen LogP contribution in [0.4, 0.5) is 5.69 Å². The molecule has 0 saturated heterocycles. The minimum Gasteiger partial charge on any atom is -0.494 e. The zero-order valence-corrected chi connectivity index (χ0v) is 18.6. The van der Waals surface area contributed by atoms with Gasteiger partial charge in [0.15, 0.2) is 11.5 Å². The summed E-state index contributed by atoms with van der Waals surface area (Å²) in [7, 11) is 3.08. The molecule has 0 fully saturated rings. The lowest BCUT2D eigenvalue weighted by atomic mass is 10.2. The largest absolute Gasteiger partial charge is 0.494 e. The molecule has 0 atom stereocenters. The molecule has 2 amide bonds. The molecule has 0 saturated carbocycles. The number of anilines is 1. The van der Waals surface area contributed by atoms with E-state index < -0.39 is 0 Å². The molecular weight excluding hydrogens is 454 g/mol. The zero-order chi connectivity index (χ0) is 21.9. The quantitative estimate of drug-likeness (QED) is 0.401. The molecule has 0 aliphatic heterocycles. The minimum atomic E-state index is -0.371. The van der Waals surface area contributed by atoms with Crippen molar-refractivity contribution < 1.29 is 23.8 Å². The number of hydrogen-bond donors (Lipinski definition) is 2. The Morgan fingerprint density at radius 2 is 1.67 bits per heavy atom. The minimum absolute atomic E-state index is 0.00725. The van der Waals surface area contributed by atoms with Crippen LogP contribution in [0.3, 0.4) is 0 Å². The molecule has 2 N–H and O–H groups in total. The number of nitrogens with one attached hydrogen (secondary N) is 2. The second-order valence-corrected chi connectivity index (χ2v) is 6.88. The molecule has 30 heavy (non-hydrogen) atoms. The van der Waals surface area contributed by atoms with Crippen molar-refractivity contribution in [1.82, 2.24) is 5.43 Å². The number of halogens is 1. The average Bonchev–Trinajstić information content (AvgIpc) is 2.74. The highest BCUT2D eigenvalue weighted by Crippen LogP contribution is 2.32. The smallest absolute Gasteiger partial charge is 0.240 e. The van der Waals surface area contributed by atoms with Crippen LogP contribution in [0.25, 0.3) is 0 Å². The highest BCUT2D eigenvalue weighted by molar-refractivity contribution is 9.10. The molecule has 0 unspecified atom stereocenters. The van der Waals surface area contributed by atoms with Gasteiger partial charge in [0, 0.05) is 28.6 Å². The zero-order valence-electron chi connectivity index (χ0n) is 17.0. The van der Waals surface area contributed by atoms with E-state index in [0.717, 1.165) is 10.2 Å². The van der Waals surface area contributed by atoms with Gasteiger partial charge in [-0.3, -0.25) is 9.59 Å². The van der Waals surface area contributed by atoms with Crippen LogP contribution in [0, 0.1) is 0 Å². The van der Waals surface area contributed by atoms with Crippen molar-refractivity contribution >= 4 is 39.6 Å². The van der Waals surface area contributed by atoms with Crippen LogP contribution in [0.2, 0.25) is 0 Å². The van der Waals surface area contributed by atoms with Gasteiger partial charge in [0.25, 0.3) is 0 Å². The Hall–Kier alpha value is -3.07. The van der Waals surface area contributed by atoms with Crippen molar-refractivity contribution in [2.45, 2.75) is 19.8 Å². The summed E-state index contributed by atoms with van der Waals surface area (Å²) in [6, 6.07) is 10.5. The molecule has 0 aromatic heterocycles. The number of amides is 2. The van der Waals surface area contributed by atoms with Gasteiger partial charge in [0.1, 0.15) is 5.75 Å². The molecule has 0 radical (unpaired) electrons. The van der Waals surface area contributed by atoms with E-state index in [4.69, 9.17) is 14.2 Å². The summed E-state index contributed by atoms with van der Waals surface area (Å²) in [5, 5.41) is 6.66. The fraction of sp³-hybridized carbons (Fsp3) is 0.286. The van der Waals surface area contributed by atoms with E-state index in [1.165, 1.54) is 13.3 Å². The number of methoxy groups -OCH3 is 2. The number of hydrogen-bond acceptors (Lipinski definition) is 6. The van der Waals surface area contributed by atoms with E-state index >= 15 is 0 Å². The number of carbonyl (C=O) groups excluding carboxylic acids is 2. The topological polar surface area (TPSA) is 98.2 Å². The lowest BCUT2D eigenvalue weighted by Gasteiger charge is -2.09. The van der Waals surface area contributed by atoms with Gasteiger partial charge in [-0.1, -0.05) is 0 Å². The number of rotatable bonds is 10. The van der Waals surface area contributed by atoms with Crippen LogP contribution in [0.1, 0.15) is 25.3 Å². The Morgan fingerprint density at radius 1 is 1.03 bits per heavy atom. The first kappa shape index (κ1) is 23.2. The van der Waals surface area contributed by atoms with E-state index in [1.807, 2.05) is 6.92 Å². The van der Waals surface area contributed by atoms with Crippen molar-refractivity contribution in [2.75, 3.05) is 26.1 Å². The summed E-state index contributed by atoms with van der Waals surface area (Å²) in [5.41, 5.74) is 3.74. The first-order valence-electron chi connectivity index (χ1n) is 9.23. The molecule has 2 aromatic rings. The van der Waals surface area contributed by atoms with Crippen LogP contribution in [0.5, 0.6) is 17.2 Å². The normalized spacial score (nSPS) is 10.5. The Balaban J connectivity index is 1.81. The third-order valence-electron chi connectivity index (χ3n) is 3.92. The second-order valence-electron chi connectivity index (χ2n) is 6.03. The molecule has 9 heteroatoms. The Kier molecular flexibility index (Phi) is 9.14. The summed E-state index contributed by atoms with van der Waals surface area (Å²) in [5.74, 6) is 1.21. The monoisotopic (exact) mass is 477 g/mol. The van der Waals surface area contributed by atoms with E-state index in [0.29, 0.717) is 29.4 Å². The Bertz CT molecular complexity index is 900. The van der Waals surface area contributed by atoms with Gasteiger partial charge in [-0.2, -0.15) is 5.10 Å². The van der Waals surface area contributed by atoms with Crippen molar-refractivity contribution in [2.24, 2.45) is 5.10 Å². The standard InChI is InChI=1S/C21H24BrN3O5/c1-4-30-16-7-5-15(6-8-16)24-20(26)9-10-21(27)25-23-13-14-11-18(28-2)19(29-3)12-17(14)22/h5-8,11-13H,4,9-10H2,1-3H3,(H,24,26)(H,25,27). The second kappa shape index (κ2) is 11.8. The van der Waals surface area contributed by atoms with Crippen LogP contribution in [0.15, 0.2) is 46.0 Å². The predicted molar refractivity (Wildman–Crippen MR) is 118 cm³/mol. The summed E-state index contributed by atoms with van der Waals surface area (Å²) in [6.45, 7) is 2.48. The maximum absolute atomic E-state index is 12.0. The van der Waals surface area contributed by atoms with Crippen LogP contribution >= 0.6 is 15.9 Å². The predicted octanol–water partition coefficient (Wildman–Crippen LogP) is 3.73. The van der Waals surface area contributed by atoms with Gasteiger partial charge in [-0.15, -0.1) is 0 Å². The van der Waals surface area contributed by atoms with E-state index in [9.17, 15) is 9.59 Å². The van der Waals surface area contributed by atoms with Gasteiger partial charge < -0.3 is 19.5 Å². The lowest BCUT2D eigenvalue weighted by Crippen LogP contribution is -2.20. The molecule has 0 spiro atoms. The molecule has 8 nitrogen and oxygen atoms in total. The van der Waals surface area contributed by atoms with Crippen molar-refractivity contribution in [3.63, 3.8) is 0 Å². The van der Waals surface area contributed by atoms with E-state index in [1.54, 1.807) is 43.5 Å². The SMILES string of the molecule is CCOc1ccc(NC(=O)CCC(=O)NN=Cc2cc(OC)c(OC)cc2Br)cc1. The fourth-order valence-corrected chi connectivity index (χ4v) is 2.88. The molecular formula is C21H24BrN3O5. The highest BCUT2D eigenvalue weighted by Gasteiger charge is 2.09. The third kappa shape index (κ3) is 7.07. The van der Waals surface area contributed by atoms with Gasteiger partial charge in [-0.05, 0) is 59.3 Å². The summed E-state index contributed by atoms with van der Waals surface area (Å²) < 4.78 is 16.5. The lowest BCUT2D eigenvalue weighted by molar-refractivity contribution is -0.124. The highest BCUT2D eigenvalue weighted by atomic mass is 79.9. The Morgan fingerprint density at radius 3 is 2.30 bits per heavy atom. The van der Waals surface area contributed by atoms with Crippen LogP contribution in [-0.2, 0) is 9.59 Å². The van der Waals surface area contributed by atoms with Gasteiger partial charge in [-0.25, -0.2) is 5.43 Å². The van der Waals surface area contributed by atoms with E-state index in [2.05, 4.69) is 31.8 Å². The first-order chi connectivity index (χ1) is 14.5. The van der Waals surface area contributed by atoms with Crippen molar-refractivity contribution in [1.29, 1.82) is 0 Å². The third-order valence-corrected chi connectivity index (χ3v) is 4.61. The van der Waals surface area contributed by atoms with E-state index in [-0.39, 0.29) is 24.7 Å². The van der Waals surface area contributed by atoms with Crippen LogP contribution in [-0.4, -0.2) is 38.9 Å². The number of benzene rings is 2. The fourth-order valence-electron chi connectivity index (χ4n) is 2.45. The number of ether oxygens (including phenoxy) is 3. The average molecular weight is 478 g/mol. The molecule has 2 aromatic carbocycles. The van der Waals surface area contributed by atoms with Gasteiger partial charge in [0.05, 0.1) is 27.0 Å². The molecule has 2 rings (SSSR count). The maximum Gasteiger partial charge on any atom is 0.240 e.